The van der Waals surface area contributed by atoms with Crippen LogP contribution >= 0.6 is 11.6 Å². The zero-order valence-corrected chi connectivity index (χ0v) is 18.4. The van der Waals surface area contributed by atoms with Gasteiger partial charge in [-0.3, -0.25) is 9.59 Å². The summed E-state index contributed by atoms with van der Waals surface area (Å²) >= 11 is 6.46. The van der Waals surface area contributed by atoms with E-state index in [0.29, 0.717) is 56.3 Å². The number of anilines is 1. The van der Waals surface area contributed by atoms with Crippen LogP contribution in [0, 0.1) is 0 Å². The molecule has 2 aromatic rings. The molecule has 3 rings (SSSR count). The van der Waals surface area contributed by atoms with Crippen molar-refractivity contribution in [3.05, 3.63) is 64.7 Å². The van der Waals surface area contributed by atoms with E-state index in [1.807, 2.05) is 67.3 Å². The number of nitrogens with one attached hydrogen (secondary N) is 1. The second kappa shape index (κ2) is 10.1. The first-order valence-electron chi connectivity index (χ1n) is 10.5. The molecule has 0 atom stereocenters. The van der Waals surface area contributed by atoms with E-state index in [4.69, 9.17) is 16.3 Å². The summed E-state index contributed by atoms with van der Waals surface area (Å²) in [6.07, 6.45) is 1.52. The number of amides is 2. The number of hydrogen-bond donors (Lipinski definition) is 1. The van der Waals surface area contributed by atoms with Crippen LogP contribution in [0.15, 0.2) is 48.5 Å². The number of likely N-dealkylation sites (N-methyl/N-ethyl adjacent to an activating group) is 1. The maximum absolute atomic E-state index is 13.4. The molecule has 0 radical (unpaired) electrons. The minimum Gasteiger partial charge on any atom is -0.381 e. The van der Waals surface area contributed by atoms with E-state index in [0.717, 1.165) is 11.1 Å². The molecule has 6 heteroatoms. The van der Waals surface area contributed by atoms with Crippen molar-refractivity contribution in [2.24, 2.45) is 0 Å². The van der Waals surface area contributed by atoms with E-state index in [2.05, 4.69) is 5.32 Å². The summed E-state index contributed by atoms with van der Waals surface area (Å²) in [5.74, 6) is 0.0301. The van der Waals surface area contributed by atoms with E-state index < -0.39 is 5.41 Å². The lowest BCUT2D eigenvalue weighted by Gasteiger charge is -2.36. The Morgan fingerprint density at radius 1 is 1.03 bits per heavy atom. The normalized spacial score (nSPS) is 15.4. The summed E-state index contributed by atoms with van der Waals surface area (Å²) in [5, 5.41) is 3.65. The standard InChI is InChI=1S/C24H29ClN2O3/c1-3-27(4-2)22(28)17-18-9-11-19(12-10-18)26-23(29)24(13-15-30-16-14-24)20-7-5-6-8-21(20)25/h5-12H,3-4,13-17H2,1-2H3,(H,26,29). The Bertz CT molecular complexity index is 872. The zero-order valence-electron chi connectivity index (χ0n) is 17.6. The summed E-state index contributed by atoms with van der Waals surface area (Å²) in [6, 6.07) is 15.0. The van der Waals surface area contributed by atoms with Crippen molar-refractivity contribution in [3.8, 4) is 0 Å². The van der Waals surface area contributed by atoms with Crippen LogP contribution < -0.4 is 5.32 Å². The van der Waals surface area contributed by atoms with Crippen LogP contribution in [0.25, 0.3) is 0 Å². The monoisotopic (exact) mass is 428 g/mol. The van der Waals surface area contributed by atoms with Crippen LogP contribution in [-0.4, -0.2) is 43.0 Å². The van der Waals surface area contributed by atoms with Crippen molar-refractivity contribution in [2.75, 3.05) is 31.6 Å². The molecule has 0 aromatic heterocycles. The first-order valence-corrected chi connectivity index (χ1v) is 10.9. The molecular formula is C24H29ClN2O3. The van der Waals surface area contributed by atoms with Crippen LogP contribution in [0.5, 0.6) is 0 Å². The molecule has 30 heavy (non-hydrogen) atoms. The highest BCUT2D eigenvalue weighted by atomic mass is 35.5. The third kappa shape index (κ3) is 4.85. The lowest BCUT2D eigenvalue weighted by atomic mass is 9.73. The third-order valence-electron chi connectivity index (χ3n) is 5.85. The van der Waals surface area contributed by atoms with Gasteiger partial charge in [-0.15, -0.1) is 0 Å². The van der Waals surface area contributed by atoms with E-state index in [-0.39, 0.29) is 11.8 Å². The fourth-order valence-corrected chi connectivity index (χ4v) is 4.32. The van der Waals surface area contributed by atoms with Gasteiger partial charge in [-0.2, -0.15) is 0 Å². The van der Waals surface area contributed by atoms with Gasteiger partial charge in [0.15, 0.2) is 0 Å². The van der Waals surface area contributed by atoms with Crippen molar-refractivity contribution >= 4 is 29.1 Å². The first kappa shape index (κ1) is 22.3. The van der Waals surface area contributed by atoms with Gasteiger partial charge in [0.2, 0.25) is 11.8 Å². The van der Waals surface area contributed by atoms with E-state index in [1.165, 1.54) is 0 Å². The Kier molecular flexibility index (Phi) is 7.51. The molecule has 0 unspecified atom stereocenters. The molecule has 160 valence electrons. The molecule has 1 N–H and O–H groups in total. The number of nitrogens with zero attached hydrogens (tertiary/aromatic N) is 1. The van der Waals surface area contributed by atoms with Crippen molar-refractivity contribution in [2.45, 2.75) is 38.5 Å². The molecule has 0 aliphatic carbocycles. The Labute approximate surface area is 183 Å². The van der Waals surface area contributed by atoms with Crippen LogP contribution in [-0.2, 0) is 26.2 Å². The van der Waals surface area contributed by atoms with Crippen LogP contribution in [0.2, 0.25) is 5.02 Å². The van der Waals surface area contributed by atoms with Crippen LogP contribution in [0.3, 0.4) is 0 Å². The Morgan fingerprint density at radius 2 is 1.67 bits per heavy atom. The van der Waals surface area contributed by atoms with E-state index in [1.54, 1.807) is 0 Å². The molecule has 5 nitrogen and oxygen atoms in total. The number of carbonyl (C=O) groups is 2. The molecule has 2 aromatic carbocycles. The van der Waals surface area contributed by atoms with Gasteiger partial charge >= 0.3 is 0 Å². The van der Waals surface area contributed by atoms with Gasteiger partial charge in [-0.05, 0) is 56.0 Å². The molecule has 1 aliphatic heterocycles. The highest BCUT2D eigenvalue weighted by molar-refractivity contribution is 6.31. The molecule has 2 amide bonds. The fourth-order valence-electron chi connectivity index (χ4n) is 4.01. The predicted octanol–water partition coefficient (Wildman–Crippen LogP) is 4.44. The summed E-state index contributed by atoms with van der Waals surface area (Å²) in [5.41, 5.74) is 1.76. The summed E-state index contributed by atoms with van der Waals surface area (Å²) in [7, 11) is 0. The minimum atomic E-state index is -0.714. The molecule has 0 saturated carbocycles. The summed E-state index contributed by atoms with van der Waals surface area (Å²) in [4.78, 5) is 27.5. The maximum Gasteiger partial charge on any atom is 0.235 e. The smallest absolute Gasteiger partial charge is 0.235 e. The summed E-state index contributed by atoms with van der Waals surface area (Å²) < 4.78 is 5.52. The second-order valence-electron chi connectivity index (χ2n) is 7.57. The SMILES string of the molecule is CCN(CC)C(=O)Cc1ccc(NC(=O)C2(c3ccccc3Cl)CCOCC2)cc1. The van der Waals surface area contributed by atoms with Crippen molar-refractivity contribution < 1.29 is 14.3 Å². The van der Waals surface area contributed by atoms with Gasteiger partial charge in [0, 0.05) is 37.0 Å². The zero-order chi connectivity index (χ0) is 21.6. The number of halogens is 1. The van der Waals surface area contributed by atoms with Gasteiger partial charge in [0.25, 0.3) is 0 Å². The fraction of sp³-hybridized carbons (Fsp3) is 0.417. The predicted molar refractivity (Wildman–Crippen MR) is 120 cm³/mol. The summed E-state index contributed by atoms with van der Waals surface area (Å²) in [6.45, 7) is 6.40. The Hall–Kier alpha value is -2.37. The average Bonchev–Trinajstić information content (AvgIpc) is 2.76. The quantitative estimate of drug-likeness (QED) is 0.709. The second-order valence-corrected chi connectivity index (χ2v) is 7.98. The van der Waals surface area contributed by atoms with Crippen molar-refractivity contribution in [3.63, 3.8) is 0 Å². The molecule has 1 fully saturated rings. The molecule has 0 bridgehead atoms. The molecule has 1 heterocycles. The van der Waals surface area contributed by atoms with Gasteiger partial charge in [-0.25, -0.2) is 0 Å². The van der Waals surface area contributed by atoms with Gasteiger partial charge in [-0.1, -0.05) is 41.9 Å². The lowest BCUT2D eigenvalue weighted by molar-refractivity contribution is -0.130. The lowest BCUT2D eigenvalue weighted by Crippen LogP contribution is -2.45. The molecular weight excluding hydrogens is 400 g/mol. The Balaban J connectivity index is 1.75. The first-order chi connectivity index (χ1) is 14.5. The Morgan fingerprint density at radius 3 is 2.27 bits per heavy atom. The van der Waals surface area contributed by atoms with Gasteiger partial charge in [0.1, 0.15) is 0 Å². The molecule has 1 saturated heterocycles. The van der Waals surface area contributed by atoms with Crippen LogP contribution in [0.1, 0.15) is 37.8 Å². The van der Waals surface area contributed by atoms with E-state index in [9.17, 15) is 9.59 Å². The average molecular weight is 429 g/mol. The highest BCUT2D eigenvalue weighted by Crippen LogP contribution is 2.39. The van der Waals surface area contributed by atoms with Crippen LogP contribution in [0.4, 0.5) is 5.69 Å². The number of benzene rings is 2. The van der Waals surface area contributed by atoms with Crippen molar-refractivity contribution in [1.29, 1.82) is 0 Å². The number of rotatable bonds is 7. The van der Waals surface area contributed by atoms with Gasteiger partial charge in [0.05, 0.1) is 11.8 Å². The van der Waals surface area contributed by atoms with Gasteiger partial charge < -0.3 is 15.0 Å². The van der Waals surface area contributed by atoms with E-state index >= 15 is 0 Å². The third-order valence-corrected chi connectivity index (χ3v) is 6.18. The highest BCUT2D eigenvalue weighted by Gasteiger charge is 2.43. The number of carbonyl (C=O) groups excluding carboxylic acids is 2. The number of hydrogen-bond acceptors (Lipinski definition) is 3. The largest absolute Gasteiger partial charge is 0.381 e. The number of ether oxygens (including phenoxy) is 1. The maximum atomic E-state index is 13.4. The van der Waals surface area contributed by atoms with Crippen molar-refractivity contribution in [1.82, 2.24) is 4.90 Å². The molecule has 0 spiro atoms. The molecule has 1 aliphatic rings. The topological polar surface area (TPSA) is 58.6 Å². The minimum absolute atomic E-state index is 0.0779.